The fourth-order valence-corrected chi connectivity index (χ4v) is 4.57. The number of anilines is 2. The molecule has 184 valence electrons. The Hall–Kier alpha value is -3.65. The van der Waals surface area contributed by atoms with Crippen LogP contribution in [-0.4, -0.2) is 20.5 Å². The summed E-state index contributed by atoms with van der Waals surface area (Å²) in [5.74, 6) is 0.524. The van der Waals surface area contributed by atoms with Crippen molar-refractivity contribution in [1.29, 1.82) is 0 Å². The molecule has 6 nitrogen and oxygen atoms in total. The molecule has 9 heteroatoms. The van der Waals surface area contributed by atoms with Crippen molar-refractivity contribution in [3.63, 3.8) is 0 Å². The maximum atomic E-state index is 12.4. The molecule has 0 saturated carbocycles. The van der Waals surface area contributed by atoms with E-state index in [1.54, 1.807) is 28.9 Å². The van der Waals surface area contributed by atoms with Gasteiger partial charge in [0.2, 0.25) is 5.91 Å². The smallest absolute Gasteiger partial charge is 0.248 e. The number of fused-ring (bicyclic) bond motifs is 1. The number of nitrogens with zero attached hydrogens (tertiary/aromatic N) is 3. The van der Waals surface area contributed by atoms with Gasteiger partial charge in [-0.05, 0) is 63.5 Å². The number of carbonyl (C=O) groups is 1. The van der Waals surface area contributed by atoms with Crippen molar-refractivity contribution in [2.24, 2.45) is 0 Å². The summed E-state index contributed by atoms with van der Waals surface area (Å²) in [4.78, 5) is 17.2. The van der Waals surface area contributed by atoms with Gasteiger partial charge in [0.15, 0.2) is 5.65 Å². The van der Waals surface area contributed by atoms with Gasteiger partial charge in [-0.15, -0.1) is 0 Å². The first-order valence-corrected chi connectivity index (χ1v) is 12.9. The van der Waals surface area contributed by atoms with Crippen LogP contribution in [0.1, 0.15) is 11.1 Å². The highest BCUT2D eigenvalue weighted by Crippen LogP contribution is 2.30. The average Bonchev–Trinajstić information content (AvgIpc) is 3.27. The Kier molecular flexibility index (Phi) is 7.55. The molecule has 0 fully saturated rings. The summed E-state index contributed by atoms with van der Waals surface area (Å²) in [6, 6.07) is 24.5. The standard InChI is InChI=1S/C28H20BrCl2N5O/c29-23-17-33-36-26(15-25(35-28(23)36)22-9-1-2-10-24(22)31)32-16-19-6-4-8-21(14-19)34-27(37)12-11-18-5-3-7-20(30)13-18/h1-15,17,32H,16H2,(H,34,37). The van der Waals surface area contributed by atoms with Crippen LogP contribution in [0.25, 0.3) is 23.0 Å². The van der Waals surface area contributed by atoms with Gasteiger partial charge in [-0.2, -0.15) is 9.61 Å². The quantitative estimate of drug-likeness (QED) is 0.190. The van der Waals surface area contributed by atoms with Crippen LogP contribution in [0, 0.1) is 0 Å². The van der Waals surface area contributed by atoms with Gasteiger partial charge in [-0.3, -0.25) is 4.79 Å². The molecule has 0 unspecified atom stereocenters. The Morgan fingerprint density at radius 2 is 1.84 bits per heavy atom. The highest BCUT2D eigenvalue weighted by Gasteiger charge is 2.13. The average molecular weight is 593 g/mol. The molecule has 3 aromatic carbocycles. The molecule has 1 amide bonds. The maximum Gasteiger partial charge on any atom is 0.248 e. The first kappa shape index (κ1) is 25.0. The zero-order chi connectivity index (χ0) is 25.8. The third kappa shape index (κ3) is 6.02. The molecule has 2 heterocycles. The molecular weight excluding hydrogens is 573 g/mol. The Labute approximate surface area is 232 Å². The van der Waals surface area contributed by atoms with Gasteiger partial charge in [-0.1, -0.05) is 65.7 Å². The van der Waals surface area contributed by atoms with E-state index in [-0.39, 0.29) is 5.91 Å². The van der Waals surface area contributed by atoms with Crippen molar-refractivity contribution < 1.29 is 4.79 Å². The molecular formula is C28H20BrCl2N5O. The SMILES string of the molecule is O=C(C=Cc1cccc(Cl)c1)Nc1cccc(CNc2cc(-c3ccccc3Cl)nc3c(Br)cnn23)c1. The van der Waals surface area contributed by atoms with Crippen molar-refractivity contribution >= 4 is 68.3 Å². The van der Waals surface area contributed by atoms with Crippen molar-refractivity contribution in [1.82, 2.24) is 14.6 Å². The van der Waals surface area contributed by atoms with Crippen molar-refractivity contribution in [2.45, 2.75) is 6.54 Å². The Morgan fingerprint density at radius 1 is 1.00 bits per heavy atom. The van der Waals surface area contributed by atoms with E-state index < -0.39 is 0 Å². The van der Waals surface area contributed by atoms with Crippen LogP contribution in [0.4, 0.5) is 11.5 Å². The minimum absolute atomic E-state index is 0.230. The van der Waals surface area contributed by atoms with Gasteiger partial charge >= 0.3 is 0 Å². The molecule has 0 bridgehead atoms. The number of carbonyl (C=O) groups excluding carboxylic acids is 1. The molecule has 0 aliphatic heterocycles. The lowest BCUT2D eigenvalue weighted by atomic mass is 10.1. The largest absolute Gasteiger partial charge is 0.366 e. The Balaban J connectivity index is 1.33. The zero-order valence-electron chi connectivity index (χ0n) is 19.3. The maximum absolute atomic E-state index is 12.4. The van der Waals surface area contributed by atoms with Gasteiger partial charge in [0.05, 0.1) is 16.4 Å². The summed E-state index contributed by atoms with van der Waals surface area (Å²) >= 11 is 16.0. The summed E-state index contributed by atoms with van der Waals surface area (Å²) in [7, 11) is 0. The summed E-state index contributed by atoms with van der Waals surface area (Å²) in [6.07, 6.45) is 4.91. The second kappa shape index (κ2) is 11.2. The molecule has 0 aliphatic carbocycles. The first-order chi connectivity index (χ1) is 18.0. The number of halogens is 3. The van der Waals surface area contributed by atoms with Gasteiger partial charge in [0.25, 0.3) is 0 Å². The minimum atomic E-state index is -0.230. The van der Waals surface area contributed by atoms with E-state index in [4.69, 9.17) is 28.2 Å². The molecule has 0 atom stereocenters. The number of benzene rings is 3. The number of amides is 1. The van der Waals surface area contributed by atoms with E-state index in [1.807, 2.05) is 66.7 Å². The topological polar surface area (TPSA) is 71.3 Å². The van der Waals surface area contributed by atoms with E-state index in [0.29, 0.717) is 27.9 Å². The summed E-state index contributed by atoms with van der Waals surface area (Å²) < 4.78 is 2.51. The van der Waals surface area contributed by atoms with Crippen LogP contribution < -0.4 is 10.6 Å². The third-order valence-corrected chi connectivity index (χ3v) is 6.65. The zero-order valence-corrected chi connectivity index (χ0v) is 22.4. The van der Waals surface area contributed by atoms with Gasteiger partial charge in [0, 0.05) is 40.0 Å². The molecule has 2 aromatic heterocycles. The van der Waals surface area contributed by atoms with E-state index in [9.17, 15) is 4.79 Å². The van der Waals surface area contributed by atoms with Crippen molar-refractivity contribution in [2.75, 3.05) is 10.6 Å². The normalized spacial score (nSPS) is 11.2. The fraction of sp³-hybridized carbons (Fsp3) is 0.0357. The number of hydrogen-bond acceptors (Lipinski definition) is 4. The minimum Gasteiger partial charge on any atom is -0.366 e. The van der Waals surface area contributed by atoms with Crippen LogP contribution in [0.15, 0.2) is 95.6 Å². The van der Waals surface area contributed by atoms with E-state index >= 15 is 0 Å². The molecule has 0 aliphatic rings. The second-order valence-corrected chi connectivity index (χ2v) is 9.86. The number of aromatic nitrogens is 3. The van der Waals surface area contributed by atoms with Crippen LogP contribution >= 0.6 is 39.1 Å². The van der Waals surface area contributed by atoms with Gasteiger partial charge in [0.1, 0.15) is 5.82 Å². The lowest BCUT2D eigenvalue weighted by Crippen LogP contribution is -2.09. The van der Waals surface area contributed by atoms with E-state index in [0.717, 1.165) is 32.7 Å². The van der Waals surface area contributed by atoms with Gasteiger partial charge < -0.3 is 10.6 Å². The molecule has 0 saturated heterocycles. The third-order valence-electron chi connectivity index (χ3n) is 5.52. The van der Waals surface area contributed by atoms with Crippen LogP contribution in [0.5, 0.6) is 0 Å². The first-order valence-electron chi connectivity index (χ1n) is 11.3. The molecule has 0 spiro atoms. The summed E-state index contributed by atoms with van der Waals surface area (Å²) in [6.45, 7) is 0.501. The monoisotopic (exact) mass is 591 g/mol. The molecule has 5 aromatic rings. The predicted molar refractivity (Wildman–Crippen MR) is 154 cm³/mol. The van der Waals surface area contributed by atoms with E-state index in [1.165, 1.54) is 6.08 Å². The predicted octanol–water partition coefficient (Wildman–Crippen LogP) is 7.73. The molecule has 5 rings (SSSR count). The lowest BCUT2D eigenvalue weighted by molar-refractivity contribution is -0.111. The van der Waals surface area contributed by atoms with Crippen LogP contribution in [0.2, 0.25) is 10.0 Å². The summed E-state index contributed by atoms with van der Waals surface area (Å²) in [5.41, 5.74) is 4.76. The van der Waals surface area contributed by atoms with Gasteiger partial charge in [-0.25, -0.2) is 4.98 Å². The molecule has 0 radical (unpaired) electrons. The number of rotatable bonds is 7. The Bertz CT molecular complexity index is 1630. The second-order valence-electron chi connectivity index (χ2n) is 8.17. The van der Waals surface area contributed by atoms with Crippen molar-refractivity contribution in [3.8, 4) is 11.3 Å². The van der Waals surface area contributed by atoms with Crippen LogP contribution in [0.3, 0.4) is 0 Å². The highest BCUT2D eigenvalue weighted by atomic mass is 79.9. The number of nitrogens with one attached hydrogen (secondary N) is 2. The van der Waals surface area contributed by atoms with Crippen LogP contribution in [-0.2, 0) is 11.3 Å². The fourth-order valence-electron chi connectivity index (χ4n) is 3.79. The Morgan fingerprint density at radius 3 is 2.68 bits per heavy atom. The number of hydrogen-bond donors (Lipinski definition) is 2. The van der Waals surface area contributed by atoms with Crippen molar-refractivity contribution in [3.05, 3.63) is 117 Å². The summed E-state index contributed by atoms with van der Waals surface area (Å²) in [5, 5.41) is 12.0. The highest BCUT2D eigenvalue weighted by molar-refractivity contribution is 9.10. The molecule has 2 N–H and O–H groups in total. The molecule has 37 heavy (non-hydrogen) atoms. The lowest BCUT2D eigenvalue weighted by Gasteiger charge is -2.12. The van der Waals surface area contributed by atoms with E-state index in [2.05, 4.69) is 31.7 Å².